The van der Waals surface area contributed by atoms with Crippen molar-refractivity contribution in [1.82, 2.24) is 0 Å². The van der Waals surface area contributed by atoms with E-state index < -0.39 is 11.9 Å². The average Bonchev–Trinajstić information content (AvgIpc) is 2.89. The molecule has 4 heteroatoms. The van der Waals surface area contributed by atoms with E-state index in [1.165, 1.54) is 10.8 Å². The number of halogens is 1. The Morgan fingerprint density at radius 1 is 1.24 bits per heavy atom. The zero-order chi connectivity index (χ0) is 14.8. The normalized spacial score (nSPS) is 12.5. The number of thiophene rings is 1. The molecule has 1 heterocycles. The highest BCUT2D eigenvalue weighted by molar-refractivity contribution is 7.17. The monoisotopic (exact) mass is 302 g/mol. The van der Waals surface area contributed by atoms with Gasteiger partial charge in [0.2, 0.25) is 0 Å². The van der Waals surface area contributed by atoms with Crippen LogP contribution < -0.4 is 4.74 Å². The van der Waals surface area contributed by atoms with E-state index in [0.29, 0.717) is 12.2 Å². The average molecular weight is 302 g/mol. The minimum Gasteiger partial charge on any atom is -0.486 e. The number of aliphatic hydroxyl groups is 1. The van der Waals surface area contributed by atoms with Gasteiger partial charge in [0, 0.05) is 10.3 Å². The van der Waals surface area contributed by atoms with Gasteiger partial charge >= 0.3 is 0 Å². The van der Waals surface area contributed by atoms with Gasteiger partial charge in [0.25, 0.3) is 0 Å². The lowest BCUT2D eigenvalue weighted by Gasteiger charge is -2.09. The van der Waals surface area contributed by atoms with Gasteiger partial charge in [0.1, 0.15) is 6.61 Å². The molecule has 0 saturated heterocycles. The van der Waals surface area contributed by atoms with Crippen LogP contribution in [0.1, 0.15) is 24.2 Å². The smallest absolute Gasteiger partial charge is 0.165 e. The minimum atomic E-state index is -0.686. The Hall–Kier alpha value is -1.91. The van der Waals surface area contributed by atoms with Crippen LogP contribution in [0.5, 0.6) is 5.75 Å². The van der Waals surface area contributed by atoms with Gasteiger partial charge in [-0.05, 0) is 41.5 Å². The zero-order valence-electron chi connectivity index (χ0n) is 11.5. The van der Waals surface area contributed by atoms with Crippen LogP contribution in [0.25, 0.3) is 10.1 Å². The lowest BCUT2D eigenvalue weighted by molar-refractivity contribution is 0.198. The van der Waals surface area contributed by atoms with Gasteiger partial charge < -0.3 is 9.84 Å². The first kappa shape index (κ1) is 14.0. The van der Waals surface area contributed by atoms with E-state index in [4.69, 9.17) is 4.74 Å². The van der Waals surface area contributed by atoms with Crippen molar-refractivity contribution in [3.8, 4) is 5.75 Å². The molecular formula is C17H15FO2S. The molecule has 1 atom stereocenters. The fraction of sp³-hybridized carbons (Fsp3) is 0.176. The highest BCUT2D eigenvalue weighted by atomic mass is 32.1. The van der Waals surface area contributed by atoms with Crippen LogP contribution in [0, 0.1) is 5.82 Å². The highest BCUT2D eigenvalue weighted by Gasteiger charge is 2.09. The van der Waals surface area contributed by atoms with Gasteiger partial charge in [-0.3, -0.25) is 0 Å². The number of rotatable bonds is 4. The van der Waals surface area contributed by atoms with Crippen molar-refractivity contribution in [3.05, 3.63) is 64.8 Å². The summed E-state index contributed by atoms with van der Waals surface area (Å²) in [6.07, 6.45) is -0.686. The Labute approximate surface area is 126 Å². The predicted molar refractivity (Wildman–Crippen MR) is 83.2 cm³/mol. The van der Waals surface area contributed by atoms with Crippen molar-refractivity contribution in [3.63, 3.8) is 0 Å². The largest absolute Gasteiger partial charge is 0.486 e. The fourth-order valence-electron chi connectivity index (χ4n) is 2.19. The molecule has 1 N–H and O–H groups in total. The molecule has 0 fully saturated rings. The van der Waals surface area contributed by atoms with Crippen molar-refractivity contribution in [1.29, 1.82) is 0 Å². The molecule has 0 saturated carbocycles. The second-order valence-electron chi connectivity index (χ2n) is 4.91. The lowest BCUT2D eigenvalue weighted by Crippen LogP contribution is -1.98. The van der Waals surface area contributed by atoms with Crippen molar-refractivity contribution < 1.29 is 14.2 Å². The summed E-state index contributed by atoms with van der Waals surface area (Å²) >= 11 is 1.65. The molecule has 2 aromatic carbocycles. The van der Waals surface area contributed by atoms with E-state index in [1.54, 1.807) is 30.4 Å². The maximum absolute atomic E-state index is 13.9. The van der Waals surface area contributed by atoms with Crippen LogP contribution in [0.4, 0.5) is 4.39 Å². The van der Waals surface area contributed by atoms with Crippen LogP contribution in [0.3, 0.4) is 0 Å². The van der Waals surface area contributed by atoms with Crippen molar-refractivity contribution in [2.45, 2.75) is 19.6 Å². The summed E-state index contributed by atoms with van der Waals surface area (Å²) in [7, 11) is 0. The summed E-state index contributed by atoms with van der Waals surface area (Å²) < 4.78 is 20.7. The van der Waals surface area contributed by atoms with E-state index in [1.807, 2.05) is 23.6 Å². The number of hydrogen-bond donors (Lipinski definition) is 1. The van der Waals surface area contributed by atoms with E-state index in [2.05, 4.69) is 6.07 Å². The molecule has 0 aliphatic rings. The Morgan fingerprint density at radius 2 is 2.05 bits per heavy atom. The molecule has 3 aromatic rings. The van der Waals surface area contributed by atoms with Crippen LogP contribution >= 0.6 is 11.3 Å². The number of hydrogen-bond acceptors (Lipinski definition) is 3. The molecule has 108 valence electrons. The number of aliphatic hydroxyl groups excluding tert-OH is 1. The molecule has 1 aromatic heterocycles. The second kappa shape index (κ2) is 5.84. The molecule has 0 aliphatic carbocycles. The topological polar surface area (TPSA) is 29.5 Å². The number of ether oxygens (including phenoxy) is 1. The molecule has 2 nitrogen and oxygen atoms in total. The summed E-state index contributed by atoms with van der Waals surface area (Å²) in [6, 6.07) is 12.6. The maximum Gasteiger partial charge on any atom is 0.165 e. The summed E-state index contributed by atoms with van der Waals surface area (Å²) in [5.74, 6) is -0.248. The van der Waals surface area contributed by atoms with Crippen LogP contribution in [-0.2, 0) is 6.61 Å². The quantitative estimate of drug-likeness (QED) is 0.758. The molecule has 0 radical (unpaired) electrons. The molecular weight excluding hydrogens is 287 g/mol. The van der Waals surface area contributed by atoms with Crippen LogP contribution in [-0.4, -0.2) is 5.11 Å². The molecule has 0 amide bonds. The summed E-state index contributed by atoms with van der Waals surface area (Å²) in [5.41, 5.74) is 1.59. The van der Waals surface area contributed by atoms with Crippen molar-refractivity contribution >= 4 is 21.4 Å². The lowest BCUT2D eigenvalue weighted by atomic mass is 10.1. The third kappa shape index (κ3) is 2.91. The van der Waals surface area contributed by atoms with Gasteiger partial charge in [0.15, 0.2) is 11.6 Å². The van der Waals surface area contributed by atoms with Gasteiger partial charge in [0.05, 0.1) is 6.10 Å². The first-order valence-corrected chi connectivity index (χ1v) is 7.58. The third-order valence-corrected chi connectivity index (χ3v) is 4.39. The second-order valence-corrected chi connectivity index (χ2v) is 5.82. The Balaban J connectivity index is 1.79. The zero-order valence-corrected chi connectivity index (χ0v) is 12.4. The van der Waals surface area contributed by atoms with Crippen molar-refractivity contribution in [2.24, 2.45) is 0 Å². The fourth-order valence-corrected chi connectivity index (χ4v) is 3.14. The van der Waals surface area contributed by atoms with E-state index in [9.17, 15) is 9.50 Å². The van der Waals surface area contributed by atoms with Gasteiger partial charge in [-0.15, -0.1) is 11.3 Å². The molecule has 0 unspecified atom stereocenters. The summed E-state index contributed by atoms with van der Waals surface area (Å²) in [6.45, 7) is 1.93. The molecule has 0 spiro atoms. The molecule has 0 aliphatic heterocycles. The molecule has 21 heavy (non-hydrogen) atoms. The van der Waals surface area contributed by atoms with Gasteiger partial charge in [-0.1, -0.05) is 24.3 Å². The first-order valence-electron chi connectivity index (χ1n) is 6.70. The summed E-state index contributed by atoms with van der Waals surface area (Å²) in [5, 5.41) is 12.6. The van der Waals surface area contributed by atoms with Gasteiger partial charge in [-0.25, -0.2) is 4.39 Å². The standard InChI is InChI=1S/C17H15FO2S/c1-11(19)12-6-7-16(15(18)8-12)20-9-13-10-21-17-5-3-2-4-14(13)17/h2-8,10-11,19H,9H2,1H3/t11-/m1/s1. The van der Waals surface area contributed by atoms with Crippen LogP contribution in [0.2, 0.25) is 0 Å². The van der Waals surface area contributed by atoms with Crippen molar-refractivity contribution in [2.75, 3.05) is 0 Å². The molecule has 3 rings (SSSR count). The van der Waals surface area contributed by atoms with Crippen LogP contribution in [0.15, 0.2) is 47.8 Å². The van der Waals surface area contributed by atoms with E-state index in [-0.39, 0.29) is 5.75 Å². The SMILES string of the molecule is C[C@@H](O)c1ccc(OCc2csc3ccccc23)c(F)c1. The Bertz CT molecular complexity index is 764. The van der Waals surface area contributed by atoms with E-state index in [0.717, 1.165) is 10.9 Å². The number of benzene rings is 2. The third-order valence-electron chi connectivity index (χ3n) is 3.38. The van der Waals surface area contributed by atoms with E-state index >= 15 is 0 Å². The predicted octanol–water partition coefficient (Wildman–Crippen LogP) is 4.67. The van der Waals surface area contributed by atoms with Gasteiger partial charge in [-0.2, -0.15) is 0 Å². The maximum atomic E-state index is 13.9. The minimum absolute atomic E-state index is 0.203. The first-order chi connectivity index (χ1) is 10.1. The highest BCUT2D eigenvalue weighted by Crippen LogP contribution is 2.28. The summed E-state index contributed by atoms with van der Waals surface area (Å²) in [4.78, 5) is 0. The Kier molecular flexibility index (Phi) is 3.90. The molecule has 0 bridgehead atoms. The Morgan fingerprint density at radius 3 is 2.81 bits per heavy atom. The number of fused-ring (bicyclic) bond motifs is 1.